The van der Waals surface area contributed by atoms with Crippen LogP contribution in [0, 0.1) is 5.82 Å². The highest BCUT2D eigenvalue weighted by Crippen LogP contribution is 2.25. The Morgan fingerprint density at radius 2 is 1.80 bits per heavy atom. The number of nitrogens with two attached hydrogens (primary N) is 1. The second-order valence-corrected chi connectivity index (χ2v) is 6.25. The number of amides is 1. The summed E-state index contributed by atoms with van der Waals surface area (Å²) < 4.78 is 13.5. The summed E-state index contributed by atoms with van der Waals surface area (Å²) in [5.74, 6) is -0.316. The molecule has 0 atom stereocenters. The molecule has 2 aromatic carbocycles. The Bertz CT molecular complexity index is 895. The average Bonchev–Trinajstić information content (AvgIpc) is 3.07. The number of aromatic amines is 1. The van der Waals surface area contributed by atoms with Crippen molar-refractivity contribution in [1.29, 1.82) is 0 Å². The highest BCUT2D eigenvalue weighted by molar-refractivity contribution is 5.98. The van der Waals surface area contributed by atoms with Crippen molar-refractivity contribution in [2.24, 2.45) is 0 Å². The lowest BCUT2D eigenvalue weighted by Crippen LogP contribution is -2.49. The van der Waals surface area contributed by atoms with Crippen molar-refractivity contribution >= 4 is 28.2 Å². The number of benzene rings is 2. The molecule has 6 heteroatoms. The van der Waals surface area contributed by atoms with Crippen LogP contribution in [0.3, 0.4) is 0 Å². The number of carbonyl (C=O) groups is 1. The number of anilines is 2. The summed E-state index contributed by atoms with van der Waals surface area (Å²) in [5, 5.41) is 1.03. The summed E-state index contributed by atoms with van der Waals surface area (Å²) in [6, 6.07) is 14.1. The third-order valence-electron chi connectivity index (χ3n) is 4.66. The first-order valence-electron chi connectivity index (χ1n) is 8.29. The minimum atomic E-state index is -0.305. The highest BCUT2D eigenvalue weighted by Gasteiger charge is 2.24. The van der Waals surface area contributed by atoms with Crippen LogP contribution in [0.15, 0.2) is 48.5 Å². The largest absolute Gasteiger partial charge is 0.397 e. The summed E-state index contributed by atoms with van der Waals surface area (Å²) in [7, 11) is 0. The summed E-state index contributed by atoms with van der Waals surface area (Å²) in [5.41, 5.74) is 8.75. The zero-order valence-corrected chi connectivity index (χ0v) is 13.7. The normalized spacial score (nSPS) is 14.9. The number of nitrogens with zero attached hydrogens (tertiary/aromatic N) is 2. The van der Waals surface area contributed by atoms with Gasteiger partial charge < -0.3 is 20.5 Å². The van der Waals surface area contributed by atoms with Gasteiger partial charge in [0.2, 0.25) is 0 Å². The fourth-order valence-corrected chi connectivity index (χ4v) is 3.30. The van der Waals surface area contributed by atoms with E-state index in [1.165, 1.54) is 12.1 Å². The van der Waals surface area contributed by atoms with E-state index in [0.717, 1.165) is 10.9 Å². The van der Waals surface area contributed by atoms with E-state index in [1.807, 2.05) is 40.1 Å². The number of fused-ring (bicyclic) bond motifs is 1. The molecule has 2 heterocycles. The molecule has 0 unspecified atom stereocenters. The number of para-hydroxylation sites is 1. The number of rotatable bonds is 2. The Labute approximate surface area is 144 Å². The second kappa shape index (κ2) is 6.12. The molecule has 3 N–H and O–H groups in total. The van der Waals surface area contributed by atoms with Crippen molar-refractivity contribution in [2.75, 3.05) is 36.8 Å². The van der Waals surface area contributed by atoms with E-state index in [2.05, 4.69) is 4.98 Å². The quantitative estimate of drug-likeness (QED) is 0.706. The summed E-state index contributed by atoms with van der Waals surface area (Å²) >= 11 is 0. The van der Waals surface area contributed by atoms with Gasteiger partial charge in [0.15, 0.2) is 0 Å². The number of nitrogen functional groups attached to an aromatic ring is 1. The molecule has 1 aromatic heterocycles. The Morgan fingerprint density at radius 3 is 2.56 bits per heavy atom. The van der Waals surface area contributed by atoms with Crippen LogP contribution < -0.4 is 10.6 Å². The number of nitrogens with one attached hydrogen (secondary N) is 1. The molecule has 1 aliphatic heterocycles. The molecule has 0 aliphatic carbocycles. The van der Waals surface area contributed by atoms with Crippen LogP contribution in [0.25, 0.3) is 10.9 Å². The van der Waals surface area contributed by atoms with Crippen molar-refractivity contribution in [2.45, 2.75) is 0 Å². The number of piperazine rings is 1. The van der Waals surface area contributed by atoms with Crippen LogP contribution in [0.4, 0.5) is 15.8 Å². The molecule has 128 valence electrons. The second-order valence-electron chi connectivity index (χ2n) is 6.25. The maximum absolute atomic E-state index is 13.5. The van der Waals surface area contributed by atoms with E-state index >= 15 is 0 Å². The highest BCUT2D eigenvalue weighted by atomic mass is 19.1. The summed E-state index contributed by atoms with van der Waals surface area (Å²) in [4.78, 5) is 19.7. The maximum atomic E-state index is 13.5. The van der Waals surface area contributed by atoms with E-state index in [0.29, 0.717) is 43.2 Å². The third-order valence-corrected chi connectivity index (χ3v) is 4.66. The molecule has 5 nitrogen and oxygen atoms in total. The van der Waals surface area contributed by atoms with Gasteiger partial charge in [-0.05, 0) is 30.3 Å². The smallest absolute Gasteiger partial charge is 0.270 e. The van der Waals surface area contributed by atoms with E-state index in [9.17, 15) is 9.18 Å². The van der Waals surface area contributed by atoms with E-state index < -0.39 is 0 Å². The van der Waals surface area contributed by atoms with Gasteiger partial charge in [-0.25, -0.2) is 4.39 Å². The predicted molar refractivity (Wildman–Crippen MR) is 97.2 cm³/mol. The number of aromatic nitrogens is 1. The predicted octanol–water partition coefficient (Wildman–Crippen LogP) is 2.85. The standard InChI is InChI=1S/C19H19FN4O/c20-14-5-6-15(21)18(12-14)23-7-9-24(10-8-23)19(25)17-11-13-3-1-2-4-16(13)22-17/h1-6,11-12,22H,7-10,21H2. The van der Waals surface area contributed by atoms with Crippen molar-refractivity contribution in [3.63, 3.8) is 0 Å². The van der Waals surface area contributed by atoms with Gasteiger partial charge in [-0.2, -0.15) is 0 Å². The molecule has 0 saturated carbocycles. The Kier molecular flexibility index (Phi) is 3.80. The third kappa shape index (κ3) is 2.91. The zero-order chi connectivity index (χ0) is 17.4. The number of carbonyl (C=O) groups excluding carboxylic acids is 1. The molecular formula is C19H19FN4O. The summed E-state index contributed by atoms with van der Waals surface area (Å²) in [6.45, 7) is 2.40. The van der Waals surface area contributed by atoms with Crippen molar-refractivity contribution in [3.05, 3.63) is 60.0 Å². The van der Waals surface area contributed by atoms with Crippen LogP contribution in [-0.2, 0) is 0 Å². The van der Waals surface area contributed by atoms with Crippen molar-refractivity contribution in [3.8, 4) is 0 Å². The van der Waals surface area contributed by atoms with Gasteiger partial charge >= 0.3 is 0 Å². The molecule has 25 heavy (non-hydrogen) atoms. The number of hydrogen-bond acceptors (Lipinski definition) is 3. The minimum Gasteiger partial charge on any atom is -0.397 e. The van der Waals surface area contributed by atoms with E-state index in [4.69, 9.17) is 5.73 Å². The molecule has 3 aromatic rings. The SMILES string of the molecule is Nc1ccc(F)cc1N1CCN(C(=O)c2cc3ccccc3[nH]2)CC1. The molecule has 1 amide bonds. The number of hydrogen-bond donors (Lipinski definition) is 2. The number of halogens is 1. The van der Waals surface area contributed by atoms with Gasteiger partial charge in [-0.15, -0.1) is 0 Å². The number of H-pyrrole nitrogens is 1. The molecule has 4 rings (SSSR count). The van der Waals surface area contributed by atoms with Gasteiger partial charge in [-0.3, -0.25) is 4.79 Å². The lowest BCUT2D eigenvalue weighted by molar-refractivity contribution is 0.0742. The molecule has 0 radical (unpaired) electrons. The molecule has 1 fully saturated rings. The van der Waals surface area contributed by atoms with Gasteiger partial charge in [0, 0.05) is 37.1 Å². The Hall–Kier alpha value is -3.02. The van der Waals surface area contributed by atoms with Crippen molar-refractivity contribution in [1.82, 2.24) is 9.88 Å². The van der Waals surface area contributed by atoms with Crippen LogP contribution in [-0.4, -0.2) is 42.0 Å². The topological polar surface area (TPSA) is 65.4 Å². The fraction of sp³-hybridized carbons (Fsp3) is 0.211. The molecule has 1 saturated heterocycles. The summed E-state index contributed by atoms with van der Waals surface area (Å²) in [6.07, 6.45) is 0. The maximum Gasteiger partial charge on any atom is 0.270 e. The lowest BCUT2D eigenvalue weighted by Gasteiger charge is -2.36. The van der Waals surface area contributed by atoms with Crippen LogP contribution >= 0.6 is 0 Å². The van der Waals surface area contributed by atoms with Crippen LogP contribution in [0.5, 0.6) is 0 Å². The first kappa shape index (κ1) is 15.5. The average molecular weight is 338 g/mol. The van der Waals surface area contributed by atoms with Gasteiger partial charge in [-0.1, -0.05) is 18.2 Å². The van der Waals surface area contributed by atoms with Crippen LogP contribution in [0.1, 0.15) is 10.5 Å². The zero-order valence-electron chi connectivity index (χ0n) is 13.7. The monoisotopic (exact) mass is 338 g/mol. The van der Waals surface area contributed by atoms with Gasteiger partial charge in [0.25, 0.3) is 5.91 Å². The van der Waals surface area contributed by atoms with Crippen molar-refractivity contribution < 1.29 is 9.18 Å². The Balaban J connectivity index is 1.47. The lowest BCUT2D eigenvalue weighted by atomic mass is 10.2. The molecule has 1 aliphatic rings. The minimum absolute atomic E-state index is 0.0111. The first-order chi connectivity index (χ1) is 12.1. The van der Waals surface area contributed by atoms with Gasteiger partial charge in [0.05, 0.1) is 11.4 Å². The van der Waals surface area contributed by atoms with E-state index in [-0.39, 0.29) is 11.7 Å². The van der Waals surface area contributed by atoms with Crippen LogP contribution in [0.2, 0.25) is 0 Å². The Morgan fingerprint density at radius 1 is 1.04 bits per heavy atom. The molecule has 0 spiro atoms. The fourth-order valence-electron chi connectivity index (χ4n) is 3.30. The van der Waals surface area contributed by atoms with E-state index in [1.54, 1.807) is 6.07 Å². The first-order valence-corrected chi connectivity index (χ1v) is 8.29. The molecular weight excluding hydrogens is 319 g/mol. The van der Waals surface area contributed by atoms with Gasteiger partial charge in [0.1, 0.15) is 11.5 Å². The molecule has 0 bridgehead atoms.